The fourth-order valence-corrected chi connectivity index (χ4v) is 6.74. The fraction of sp³-hybridized carbons (Fsp3) is 0.297. The molecule has 3 atom stereocenters. The molecular formula is C37H43N5O6S. The second-order valence-electron chi connectivity index (χ2n) is 12.7. The number of rotatable bonds is 11. The highest BCUT2D eigenvalue weighted by molar-refractivity contribution is 7.92. The summed E-state index contributed by atoms with van der Waals surface area (Å²) < 4.78 is 35.3. The lowest BCUT2D eigenvalue weighted by Gasteiger charge is -2.38. The molecule has 11 nitrogen and oxygen atoms in total. The van der Waals surface area contributed by atoms with Crippen LogP contribution in [0.5, 0.6) is 5.75 Å². The Balaban J connectivity index is 1.32. The molecule has 258 valence electrons. The molecule has 0 aromatic heterocycles. The van der Waals surface area contributed by atoms with Crippen LogP contribution in [-0.2, 0) is 16.6 Å². The monoisotopic (exact) mass is 685 g/mol. The number of likely N-dealkylation sites (N-methyl/N-ethyl adjacent to an activating group) is 1. The first kappa shape index (κ1) is 35.4. The van der Waals surface area contributed by atoms with E-state index in [1.165, 1.54) is 18.2 Å². The third-order valence-corrected chi connectivity index (χ3v) is 10.0. The molecule has 1 aliphatic heterocycles. The number of hydrogen-bond donors (Lipinski definition) is 4. The number of aliphatic hydroxyl groups is 1. The molecule has 12 heteroatoms. The first-order valence-corrected chi connectivity index (χ1v) is 17.6. The number of hydrogen-bond acceptors (Lipinski definition) is 8. The van der Waals surface area contributed by atoms with Crippen molar-refractivity contribution >= 4 is 38.9 Å². The summed E-state index contributed by atoms with van der Waals surface area (Å²) in [6.45, 7) is 6.83. The first-order chi connectivity index (χ1) is 23.3. The lowest BCUT2D eigenvalue weighted by molar-refractivity contribution is 0.0341. The van der Waals surface area contributed by atoms with Gasteiger partial charge in [0.2, 0.25) is 0 Å². The highest BCUT2D eigenvalue weighted by atomic mass is 32.2. The van der Waals surface area contributed by atoms with Crippen LogP contribution in [0.25, 0.3) is 0 Å². The number of amides is 2. The standard InChI is InChI=1S/C37H43N5O6S/c1-24-9-16-30(17-10-24)49(46,47)40-29-15-18-34-31(19-29)37(45)42(26(3)23-43)20-25(2)35(48-34)22-41(4)21-27-11-13-28(14-12-27)36(44)39-33-8-6-5-7-32(33)38/h5-19,25-26,35,40,43H,20-23,38H2,1-4H3,(H,39,44)/t25-,26+,35-/m0/s1. The third kappa shape index (κ3) is 8.58. The zero-order chi connectivity index (χ0) is 35.3. The number of benzene rings is 4. The summed E-state index contributed by atoms with van der Waals surface area (Å²) in [6, 6.07) is 25.1. The summed E-state index contributed by atoms with van der Waals surface area (Å²) in [6.07, 6.45) is -0.346. The Morgan fingerprint density at radius 3 is 2.43 bits per heavy atom. The number of nitrogens with one attached hydrogen (secondary N) is 2. The van der Waals surface area contributed by atoms with E-state index in [1.807, 2.05) is 39.1 Å². The van der Waals surface area contributed by atoms with E-state index in [4.69, 9.17) is 10.5 Å². The van der Waals surface area contributed by atoms with Crippen LogP contribution in [0.15, 0.2) is 95.9 Å². The molecule has 4 aromatic carbocycles. The number of nitrogen functional groups attached to an aromatic ring is 1. The van der Waals surface area contributed by atoms with Crippen molar-refractivity contribution in [1.82, 2.24) is 9.80 Å². The molecule has 0 radical (unpaired) electrons. The summed E-state index contributed by atoms with van der Waals surface area (Å²) in [5.74, 6) is -0.385. The van der Waals surface area contributed by atoms with Crippen LogP contribution in [0, 0.1) is 12.8 Å². The van der Waals surface area contributed by atoms with Gasteiger partial charge in [-0.15, -0.1) is 0 Å². The van der Waals surface area contributed by atoms with Gasteiger partial charge in [0.1, 0.15) is 11.9 Å². The van der Waals surface area contributed by atoms with Gasteiger partial charge in [-0.1, -0.05) is 48.9 Å². The zero-order valence-corrected chi connectivity index (χ0v) is 28.9. The van der Waals surface area contributed by atoms with E-state index in [1.54, 1.807) is 66.4 Å². The van der Waals surface area contributed by atoms with Gasteiger partial charge in [0.25, 0.3) is 21.8 Å². The summed E-state index contributed by atoms with van der Waals surface area (Å²) >= 11 is 0. The summed E-state index contributed by atoms with van der Waals surface area (Å²) in [5, 5.41) is 12.9. The van der Waals surface area contributed by atoms with E-state index in [0.717, 1.165) is 11.1 Å². The number of carbonyl (C=O) groups is 2. The summed E-state index contributed by atoms with van der Waals surface area (Å²) in [5.41, 5.74) is 9.86. The van der Waals surface area contributed by atoms with Gasteiger partial charge in [-0.25, -0.2) is 8.42 Å². The molecule has 2 amide bonds. The average molecular weight is 686 g/mol. The normalized spacial score (nSPS) is 17.0. The van der Waals surface area contributed by atoms with Gasteiger partial charge in [0.15, 0.2) is 0 Å². The average Bonchev–Trinajstić information content (AvgIpc) is 3.07. The van der Waals surface area contributed by atoms with Crippen molar-refractivity contribution in [3.8, 4) is 5.75 Å². The van der Waals surface area contributed by atoms with E-state index in [0.29, 0.717) is 42.3 Å². The van der Waals surface area contributed by atoms with Crippen molar-refractivity contribution in [2.75, 3.05) is 42.5 Å². The number of carbonyl (C=O) groups excluding carboxylic acids is 2. The molecule has 0 saturated carbocycles. The van der Waals surface area contributed by atoms with Gasteiger partial charge in [0, 0.05) is 36.8 Å². The van der Waals surface area contributed by atoms with E-state index in [-0.39, 0.29) is 46.6 Å². The zero-order valence-electron chi connectivity index (χ0n) is 28.1. The molecule has 1 aliphatic rings. The van der Waals surface area contributed by atoms with Gasteiger partial charge in [-0.05, 0) is 81.1 Å². The molecule has 0 fully saturated rings. The Morgan fingerprint density at radius 1 is 1.06 bits per heavy atom. The Morgan fingerprint density at radius 2 is 1.76 bits per heavy atom. The van der Waals surface area contributed by atoms with Crippen LogP contribution in [0.4, 0.5) is 17.1 Å². The van der Waals surface area contributed by atoms with Gasteiger partial charge >= 0.3 is 0 Å². The third-order valence-electron chi connectivity index (χ3n) is 8.62. The molecule has 5 rings (SSSR count). The first-order valence-electron chi connectivity index (χ1n) is 16.1. The van der Waals surface area contributed by atoms with E-state index >= 15 is 0 Å². The van der Waals surface area contributed by atoms with Gasteiger partial charge < -0.3 is 25.8 Å². The number of nitrogens with two attached hydrogens (primary N) is 1. The topological polar surface area (TPSA) is 154 Å². The molecule has 4 aromatic rings. The summed E-state index contributed by atoms with van der Waals surface area (Å²) in [7, 11) is -1.93. The van der Waals surface area contributed by atoms with Crippen LogP contribution < -0.4 is 20.5 Å². The van der Waals surface area contributed by atoms with E-state index in [9.17, 15) is 23.1 Å². The highest BCUT2D eigenvalue weighted by Gasteiger charge is 2.34. The number of anilines is 3. The molecular weight excluding hydrogens is 643 g/mol. The predicted molar refractivity (Wildman–Crippen MR) is 191 cm³/mol. The second kappa shape index (κ2) is 15.1. The SMILES string of the molecule is Cc1ccc(S(=O)(=O)Nc2ccc3c(c2)C(=O)N([C@H](C)CO)C[C@H](C)[C@H](CN(C)Cc2ccc(C(=O)Nc4ccccc4N)cc2)O3)cc1. The number of ether oxygens (including phenoxy) is 1. The lowest BCUT2D eigenvalue weighted by Crippen LogP contribution is -2.49. The lowest BCUT2D eigenvalue weighted by atomic mass is 9.99. The second-order valence-corrected chi connectivity index (χ2v) is 14.4. The maximum atomic E-state index is 13.8. The van der Waals surface area contributed by atoms with Gasteiger partial charge in [-0.2, -0.15) is 0 Å². The Labute approximate surface area is 287 Å². The van der Waals surface area contributed by atoms with Crippen LogP contribution in [0.2, 0.25) is 0 Å². The quantitative estimate of drug-likeness (QED) is 0.161. The minimum Gasteiger partial charge on any atom is -0.488 e. The van der Waals surface area contributed by atoms with Crippen molar-refractivity contribution in [2.45, 2.75) is 44.4 Å². The number of nitrogens with zero attached hydrogens (tertiary/aromatic N) is 2. The maximum absolute atomic E-state index is 13.8. The smallest absolute Gasteiger partial charge is 0.261 e. The number of fused-ring (bicyclic) bond motifs is 1. The van der Waals surface area contributed by atoms with Crippen LogP contribution >= 0.6 is 0 Å². The Bertz CT molecular complexity index is 1900. The molecule has 0 unspecified atom stereocenters. The van der Waals surface area contributed by atoms with E-state index < -0.39 is 16.1 Å². The van der Waals surface area contributed by atoms with Crippen molar-refractivity contribution in [3.63, 3.8) is 0 Å². The Kier molecular flexibility index (Phi) is 10.9. The number of para-hydroxylation sites is 2. The largest absolute Gasteiger partial charge is 0.488 e. The molecule has 49 heavy (non-hydrogen) atoms. The minimum atomic E-state index is -3.90. The highest BCUT2D eigenvalue weighted by Crippen LogP contribution is 2.31. The number of aryl methyl sites for hydroxylation is 1. The van der Waals surface area contributed by atoms with Crippen molar-refractivity contribution < 1.29 is 27.9 Å². The van der Waals surface area contributed by atoms with Gasteiger partial charge in [-0.3, -0.25) is 19.2 Å². The van der Waals surface area contributed by atoms with Crippen molar-refractivity contribution in [1.29, 1.82) is 0 Å². The Hall–Kier alpha value is -4.91. The number of aliphatic hydroxyl groups excluding tert-OH is 1. The van der Waals surface area contributed by atoms with Crippen molar-refractivity contribution in [2.24, 2.45) is 5.92 Å². The number of sulfonamides is 1. The van der Waals surface area contributed by atoms with E-state index in [2.05, 4.69) is 14.9 Å². The maximum Gasteiger partial charge on any atom is 0.261 e. The predicted octanol–water partition coefficient (Wildman–Crippen LogP) is 4.98. The molecule has 0 bridgehead atoms. The van der Waals surface area contributed by atoms with Gasteiger partial charge in [0.05, 0.1) is 34.5 Å². The summed E-state index contributed by atoms with van der Waals surface area (Å²) in [4.78, 5) is 30.4. The molecule has 0 saturated heterocycles. The molecule has 0 aliphatic carbocycles. The van der Waals surface area contributed by atoms with Crippen molar-refractivity contribution in [3.05, 3.63) is 113 Å². The van der Waals surface area contributed by atoms with Crippen LogP contribution in [0.1, 0.15) is 45.7 Å². The molecule has 0 spiro atoms. The minimum absolute atomic E-state index is 0.107. The fourth-order valence-electron chi connectivity index (χ4n) is 5.69. The molecule has 5 N–H and O–H groups in total. The van der Waals surface area contributed by atoms with Crippen LogP contribution in [-0.4, -0.2) is 74.0 Å². The molecule has 1 heterocycles. The van der Waals surface area contributed by atoms with Crippen LogP contribution in [0.3, 0.4) is 0 Å².